The van der Waals surface area contributed by atoms with Crippen molar-refractivity contribution in [2.24, 2.45) is 0 Å². The minimum atomic E-state index is -0.391. The molecular weight excluding hydrogens is 569 g/mol. The van der Waals surface area contributed by atoms with E-state index in [1.807, 2.05) is 84.6 Å². The van der Waals surface area contributed by atoms with Crippen LogP contribution in [0.15, 0.2) is 104 Å². The fraction of sp³-hybridized carbons (Fsp3) is 0.206. The minimum absolute atomic E-state index is 0.0445. The van der Waals surface area contributed by atoms with E-state index in [1.54, 1.807) is 6.20 Å². The molecule has 0 aromatic carbocycles. The Hall–Kier alpha value is -5.60. The van der Waals surface area contributed by atoms with Crippen LogP contribution in [0.5, 0.6) is 0 Å². The molecule has 6 aromatic heterocycles. The molecule has 0 N–H and O–H groups in total. The zero-order valence-corrected chi connectivity index (χ0v) is 25.0. The van der Waals surface area contributed by atoms with E-state index in [-0.39, 0.29) is 6.04 Å². The lowest BCUT2D eigenvalue weighted by atomic mass is 10.1. The van der Waals surface area contributed by atoms with Crippen molar-refractivity contribution in [1.29, 1.82) is 5.26 Å². The summed E-state index contributed by atoms with van der Waals surface area (Å²) in [5.41, 5.74) is 4.89. The first-order chi connectivity index (χ1) is 22.0. The van der Waals surface area contributed by atoms with E-state index in [9.17, 15) is 4.39 Å². The molecule has 0 saturated carbocycles. The van der Waals surface area contributed by atoms with Crippen LogP contribution in [0.1, 0.15) is 24.2 Å². The molecule has 7 rings (SSSR count). The molecule has 10 nitrogen and oxygen atoms in total. The van der Waals surface area contributed by atoms with Gasteiger partial charge in [0.25, 0.3) is 0 Å². The second-order valence-corrected chi connectivity index (χ2v) is 10.6. The standard InChI is InChI=1S/C25H26FN7O.C9H6N2/c1-18(20-3-6-24(29-14-20)33-17-22(26)16-30-33)31(2)23-5-4-21(15-28-23)19-7-8-27-25(13-19)32-9-11-34-12-10-32;10-7-9-5-4-8-3-1-2-6-11(8)9/h3-8,13-18H,9-12H2,1-2H3;1-6H. The van der Waals surface area contributed by atoms with Crippen LogP contribution in [0, 0.1) is 17.1 Å². The summed E-state index contributed by atoms with van der Waals surface area (Å²) in [6, 6.07) is 23.8. The maximum Gasteiger partial charge on any atom is 0.161 e. The fourth-order valence-corrected chi connectivity index (χ4v) is 5.10. The first-order valence-electron chi connectivity index (χ1n) is 14.6. The SMILES string of the molecule is CC(c1ccc(-n2cc(F)cn2)nc1)N(C)c1ccc(-c2ccnc(N3CCOCC3)c2)cn1.N#Cc1ccc2ccccn12. The molecule has 1 unspecified atom stereocenters. The van der Waals surface area contributed by atoms with Crippen LogP contribution in [0.3, 0.4) is 0 Å². The Labute approximate surface area is 260 Å². The van der Waals surface area contributed by atoms with Crippen LogP contribution in [-0.4, -0.2) is 62.5 Å². The Balaban J connectivity index is 0.000000272. The van der Waals surface area contributed by atoms with Crippen molar-refractivity contribution in [2.75, 3.05) is 43.2 Å². The lowest BCUT2D eigenvalue weighted by Gasteiger charge is -2.28. The number of aromatic nitrogens is 6. The molecule has 226 valence electrons. The second kappa shape index (κ2) is 13.4. The number of hydrogen-bond donors (Lipinski definition) is 0. The van der Waals surface area contributed by atoms with E-state index in [1.165, 1.54) is 10.9 Å². The van der Waals surface area contributed by atoms with E-state index in [2.05, 4.69) is 50.0 Å². The lowest BCUT2D eigenvalue weighted by Crippen LogP contribution is -2.36. The number of morpholine rings is 1. The van der Waals surface area contributed by atoms with Gasteiger partial charge in [-0.15, -0.1) is 0 Å². The van der Waals surface area contributed by atoms with Gasteiger partial charge in [0.1, 0.15) is 23.4 Å². The maximum atomic E-state index is 13.2. The number of pyridine rings is 4. The first kappa shape index (κ1) is 29.5. The number of rotatable bonds is 6. The summed E-state index contributed by atoms with van der Waals surface area (Å²) in [5, 5.41) is 12.6. The van der Waals surface area contributed by atoms with Crippen LogP contribution in [-0.2, 0) is 4.74 Å². The smallest absolute Gasteiger partial charge is 0.161 e. The molecule has 1 saturated heterocycles. The molecule has 0 amide bonds. The summed E-state index contributed by atoms with van der Waals surface area (Å²) < 4.78 is 21.9. The molecule has 0 spiro atoms. The highest BCUT2D eigenvalue weighted by atomic mass is 19.1. The molecule has 6 aromatic rings. The first-order valence-corrected chi connectivity index (χ1v) is 14.6. The minimum Gasteiger partial charge on any atom is -0.378 e. The molecule has 11 heteroatoms. The Morgan fingerprint density at radius 1 is 0.911 bits per heavy atom. The molecule has 7 heterocycles. The van der Waals surface area contributed by atoms with Crippen LogP contribution in [0.25, 0.3) is 22.5 Å². The Kier molecular flexibility index (Phi) is 8.75. The number of halogens is 1. The molecule has 45 heavy (non-hydrogen) atoms. The monoisotopic (exact) mass is 601 g/mol. The third-order valence-electron chi connectivity index (χ3n) is 7.82. The van der Waals surface area contributed by atoms with Gasteiger partial charge in [0.2, 0.25) is 0 Å². The summed E-state index contributed by atoms with van der Waals surface area (Å²) >= 11 is 0. The summed E-state index contributed by atoms with van der Waals surface area (Å²) in [4.78, 5) is 18.0. The quantitative estimate of drug-likeness (QED) is 0.239. The zero-order valence-electron chi connectivity index (χ0n) is 25.0. The Morgan fingerprint density at radius 3 is 2.49 bits per heavy atom. The van der Waals surface area contributed by atoms with Crippen LogP contribution >= 0.6 is 0 Å². The van der Waals surface area contributed by atoms with E-state index >= 15 is 0 Å². The van der Waals surface area contributed by atoms with Crippen molar-refractivity contribution in [1.82, 2.24) is 29.1 Å². The van der Waals surface area contributed by atoms with E-state index < -0.39 is 5.82 Å². The van der Waals surface area contributed by atoms with E-state index in [4.69, 9.17) is 15.0 Å². The summed E-state index contributed by atoms with van der Waals surface area (Å²) in [5.74, 6) is 2.00. The van der Waals surface area contributed by atoms with Crippen molar-refractivity contribution in [3.8, 4) is 23.0 Å². The van der Waals surface area contributed by atoms with Gasteiger partial charge >= 0.3 is 0 Å². The summed E-state index contributed by atoms with van der Waals surface area (Å²) in [6.07, 6.45) is 9.87. The van der Waals surface area contributed by atoms with Gasteiger partial charge < -0.3 is 18.9 Å². The van der Waals surface area contributed by atoms with Gasteiger partial charge in [-0.05, 0) is 72.6 Å². The van der Waals surface area contributed by atoms with Gasteiger partial charge in [0.15, 0.2) is 11.6 Å². The van der Waals surface area contributed by atoms with Crippen LogP contribution in [0.2, 0.25) is 0 Å². The zero-order chi connectivity index (χ0) is 31.2. The van der Waals surface area contributed by atoms with Gasteiger partial charge in [-0.2, -0.15) is 10.4 Å². The predicted molar refractivity (Wildman–Crippen MR) is 171 cm³/mol. The maximum absolute atomic E-state index is 13.2. The second-order valence-electron chi connectivity index (χ2n) is 10.6. The average Bonchev–Trinajstić information content (AvgIpc) is 3.74. The number of ether oxygens (including phenoxy) is 1. The summed E-state index contributed by atoms with van der Waals surface area (Å²) in [7, 11) is 2.01. The molecule has 0 bridgehead atoms. The topological polar surface area (TPSA) is 100 Å². The largest absolute Gasteiger partial charge is 0.378 e. The van der Waals surface area contributed by atoms with E-state index in [0.717, 1.165) is 66.3 Å². The molecule has 0 aliphatic carbocycles. The van der Waals surface area contributed by atoms with E-state index in [0.29, 0.717) is 11.5 Å². The van der Waals surface area contributed by atoms with Gasteiger partial charge in [-0.3, -0.25) is 0 Å². The molecule has 1 aliphatic rings. The van der Waals surface area contributed by atoms with Crippen LogP contribution in [0.4, 0.5) is 16.0 Å². The average molecular weight is 602 g/mol. The van der Waals surface area contributed by atoms with Crippen molar-refractivity contribution in [2.45, 2.75) is 13.0 Å². The number of nitrogens with zero attached hydrogens (tertiary/aromatic N) is 9. The van der Waals surface area contributed by atoms with Gasteiger partial charge in [-0.1, -0.05) is 12.1 Å². The highest BCUT2D eigenvalue weighted by molar-refractivity contribution is 5.67. The Bertz CT molecular complexity index is 1910. The molecule has 1 fully saturated rings. The highest BCUT2D eigenvalue weighted by Crippen LogP contribution is 2.27. The van der Waals surface area contributed by atoms with Gasteiger partial charge in [0, 0.05) is 56.0 Å². The lowest BCUT2D eigenvalue weighted by molar-refractivity contribution is 0.122. The highest BCUT2D eigenvalue weighted by Gasteiger charge is 2.16. The number of fused-ring (bicyclic) bond motifs is 1. The van der Waals surface area contributed by atoms with Gasteiger partial charge in [-0.25, -0.2) is 24.0 Å². The van der Waals surface area contributed by atoms with Gasteiger partial charge in [0.05, 0.1) is 31.6 Å². The Morgan fingerprint density at radius 2 is 1.78 bits per heavy atom. The molecule has 0 radical (unpaired) electrons. The van der Waals surface area contributed by atoms with Crippen molar-refractivity contribution in [3.63, 3.8) is 0 Å². The molecule has 1 atom stereocenters. The number of nitriles is 1. The van der Waals surface area contributed by atoms with Crippen molar-refractivity contribution in [3.05, 3.63) is 121 Å². The van der Waals surface area contributed by atoms with Crippen LogP contribution < -0.4 is 9.80 Å². The normalized spacial score (nSPS) is 13.5. The molecule has 1 aliphatic heterocycles. The number of hydrogen-bond acceptors (Lipinski definition) is 8. The fourth-order valence-electron chi connectivity index (χ4n) is 5.10. The third kappa shape index (κ3) is 6.66. The van der Waals surface area contributed by atoms with Crippen molar-refractivity contribution >= 4 is 17.2 Å². The predicted octanol–water partition coefficient (Wildman–Crippen LogP) is 5.71. The third-order valence-corrected chi connectivity index (χ3v) is 7.82. The summed E-state index contributed by atoms with van der Waals surface area (Å²) in [6.45, 7) is 5.26. The number of anilines is 2. The van der Waals surface area contributed by atoms with Crippen molar-refractivity contribution < 1.29 is 9.13 Å². The molecular formula is C34H32FN9O.